The molecule has 3 N–H and O–H groups in total. The first kappa shape index (κ1) is 18.7. The summed E-state index contributed by atoms with van der Waals surface area (Å²) in [6.07, 6.45) is 0. The van der Waals surface area contributed by atoms with Crippen LogP contribution in [0, 0.1) is 11.3 Å². The van der Waals surface area contributed by atoms with E-state index < -0.39 is 23.0 Å². The van der Waals surface area contributed by atoms with Crippen molar-refractivity contribution in [3.8, 4) is 17.3 Å². The van der Waals surface area contributed by atoms with Crippen molar-refractivity contribution in [2.75, 3.05) is 5.73 Å². The van der Waals surface area contributed by atoms with Gasteiger partial charge in [0.1, 0.15) is 23.1 Å². The summed E-state index contributed by atoms with van der Waals surface area (Å²) in [6, 6.07) is 8.09. The molecule has 25 heavy (non-hydrogen) atoms. The fraction of sp³-hybridized carbons (Fsp3) is 0.312. The molecule has 0 aliphatic rings. The average Bonchev–Trinajstić information content (AvgIpc) is 2.89. The molecule has 0 bridgehead atoms. The van der Waals surface area contributed by atoms with E-state index in [0.29, 0.717) is 16.8 Å². The molecule has 2 aromatic rings. The smallest absolute Gasteiger partial charge is 0.310 e. The Hall–Kier alpha value is -2.62. The average molecular weight is 328 g/mol. The van der Waals surface area contributed by atoms with E-state index in [-0.39, 0.29) is 11.4 Å². The van der Waals surface area contributed by atoms with E-state index in [1.165, 1.54) is 4.68 Å². The lowest BCUT2D eigenvalue weighted by molar-refractivity contribution is -0.138. The van der Waals surface area contributed by atoms with Crippen molar-refractivity contribution >= 4 is 35.3 Å². The number of carboxylic acid groups (broad SMARTS) is 1. The van der Waals surface area contributed by atoms with Gasteiger partial charge in [-0.3, -0.25) is 4.79 Å². The van der Waals surface area contributed by atoms with Crippen molar-refractivity contribution in [2.45, 2.75) is 30.9 Å². The number of hydrogen-bond donors (Lipinski definition) is 2. The second kappa shape index (κ2) is 6.71. The highest BCUT2D eigenvalue weighted by Gasteiger charge is 2.26. The number of anilines is 1. The number of carbonyl (C=O) groups is 1. The molecule has 0 spiro atoms. The molecular weight excluding hydrogens is 313 g/mol. The van der Waals surface area contributed by atoms with E-state index in [4.69, 9.17) is 34.4 Å². The van der Waals surface area contributed by atoms with Crippen LogP contribution in [-0.2, 0) is 4.79 Å². The van der Waals surface area contributed by atoms with Gasteiger partial charge in [-0.05, 0) is 19.4 Å². The third-order valence-corrected chi connectivity index (χ3v) is 4.20. The molecular formula is C16H15B3N4O2. The zero-order valence-electron chi connectivity index (χ0n) is 14.0. The van der Waals surface area contributed by atoms with Gasteiger partial charge < -0.3 is 10.8 Å². The van der Waals surface area contributed by atoms with Crippen LogP contribution in [0.1, 0.15) is 36.9 Å². The molecule has 0 saturated heterocycles. The Bertz CT molecular complexity index is 835. The van der Waals surface area contributed by atoms with Crippen LogP contribution in [0.2, 0.25) is 5.11 Å². The maximum Gasteiger partial charge on any atom is 0.310 e. The quantitative estimate of drug-likeness (QED) is 0.806. The van der Waals surface area contributed by atoms with Crippen LogP contribution in [0.3, 0.4) is 0 Å². The van der Waals surface area contributed by atoms with E-state index in [9.17, 15) is 10.1 Å². The first-order valence-electron chi connectivity index (χ1n) is 7.55. The van der Waals surface area contributed by atoms with E-state index in [1.54, 1.807) is 38.1 Å². The molecule has 1 aromatic carbocycles. The van der Waals surface area contributed by atoms with Gasteiger partial charge in [0.15, 0.2) is 0 Å². The number of nitrogens with two attached hydrogens (primary N) is 1. The maximum atomic E-state index is 11.1. The first-order chi connectivity index (χ1) is 11.6. The Morgan fingerprint density at radius 2 is 1.88 bits per heavy atom. The highest BCUT2D eigenvalue weighted by molar-refractivity contribution is 6.59. The second-order valence-electron chi connectivity index (χ2n) is 6.02. The molecule has 120 valence electrons. The Morgan fingerprint density at radius 1 is 1.32 bits per heavy atom. The van der Waals surface area contributed by atoms with Crippen LogP contribution in [0.25, 0.3) is 11.3 Å². The molecule has 0 aliphatic carbocycles. The summed E-state index contributed by atoms with van der Waals surface area (Å²) in [5.74, 6) is -1.45. The number of nitriles is 1. The normalized spacial score (nSPS) is 13.8. The van der Waals surface area contributed by atoms with Crippen LogP contribution >= 0.6 is 0 Å². The predicted molar refractivity (Wildman–Crippen MR) is 97.5 cm³/mol. The van der Waals surface area contributed by atoms with Gasteiger partial charge in [0, 0.05) is 11.6 Å². The van der Waals surface area contributed by atoms with Gasteiger partial charge in [-0.2, -0.15) is 10.4 Å². The third-order valence-electron chi connectivity index (χ3n) is 4.20. The highest BCUT2D eigenvalue weighted by Crippen LogP contribution is 2.34. The largest absolute Gasteiger partial charge is 0.481 e. The number of benzene rings is 1. The molecule has 6 nitrogen and oxygen atoms in total. The Kier molecular flexibility index (Phi) is 5.03. The summed E-state index contributed by atoms with van der Waals surface area (Å²) in [5, 5.41) is 21.3. The highest BCUT2D eigenvalue weighted by atomic mass is 16.4. The molecule has 1 aromatic heterocycles. The molecule has 0 aliphatic heterocycles. The first-order valence-corrected chi connectivity index (χ1v) is 7.55. The van der Waals surface area contributed by atoms with Crippen molar-refractivity contribution in [2.24, 2.45) is 0 Å². The monoisotopic (exact) mass is 328 g/mol. The third kappa shape index (κ3) is 3.58. The van der Waals surface area contributed by atoms with Crippen LogP contribution in [-0.4, -0.2) is 44.4 Å². The number of hydrogen-bond acceptors (Lipinski definition) is 4. The summed E-state index contributed by atoms with van der Waals surface area (Å²) in [7, 11) is 17.1. The van der Waals surface area contributed by atoms with E-state index in [0.717, 1.165) is 0 Å². The number of aromatic nitrogens is 2. The summed E-state index contributed by atoms with van der Waals surface area (Å²) < 4.78 is 1.32. The molecule has 1 heterocycles. The molecule has 0 saturated carbocycles. The summed E-state index contributed by atoms with van der Waals surface area (Å²) in [4.78, 5) is 11.1. The van der Waals surface area contributed by atoms with Gasteiger partial charge in [0.25, 0.3) is 0 Å². The molecule has 0 amide bonds. The summed E-state index contributed by atoms with van der Waals surface area (Å²) >= 11 is 0. The van der Waals surface area contributed by atoms with Gasteiger partial charge in [-0.25, -0.2) is 4.68 Å². The Balaban J connectivity index is 2.50. The molecule has 0 fully saturated rings. The van der Waals surface area contributed by atoms with Gasteiger partial charge in [0.2, 0.25) is 0 Å². The lowest BCUT2D eigenvalue weighted by Gasteiger charge is -2.29. The van der Waals surface area contributed by atoms with E-state index in [2.05, 4.69) is 5.10 Å². The lowest BCUT2D eigenvalue weighted by Crippen LogP contribution is -2.27. The number of nitrogens with zero attached hydrogens (tertiary/aromatic N) is 3. The topological polar surface area (TPSA) is 105 Å². The minimum atomic E-state index is -1.56. The van der Waals surface area contributed by atoms with Gasteiger partial charge in [-0.1, -0.05) is 24.3 Å². The van der Waals surface area contributed by atoms with Crippen molar-refractivity contribution in [1.82, 2.24) is 9.78 Å². The SMILES string of the molecule is [B]C([B])([B])C(C)n1nc(-c2ccc(C(C)C(=O)O)cc2)c(C#N)c1N. The second-order valence-corrected chi connectivity index (χ2v) is 6.02. The Labute approximate surface area is 150 Å². The summed E-state index contributed by atoms with van der Waals surface area (Å²) in [5.41, 5.74) is 7.79. The number of aliphatic carboxylic acids is 1. The van der Waals surface area contributed by atoms with Crippen LogP contribution in [0.15, 0.2) is 24.3 Å². The number of nitrogen functional groups attached to an aromatic ring is 1. The zero-order chi connectivity index (χ0) is 18.9. The van der Waals surface area contributed by atoms with Crippen LogP contribution < -0.4 is 5.73 Å². The minimum absolute atomic E-state index is 0.110. The van der Waals surface area contributed by atoms with Crippen molar-refractivity contribution in [3.05, 3.63) is 35.4 Å². The maximum absolute atomic E-state index is 11.1. The molecule has 6 radical (unpaired) electrons. The fourth-order valence-electron chi connectivity index (χ4n) is 2.34. The Morgan fingerprint density at radius 3 is 2.32 bits per heavy atom. The predicted octanol–water partition coefficient (Wildman–Crippen LogP) is 1.33. The minimum Gasteiger partial charge on any atom is -0.481 e. The van der Waals surface area contributed by atoms with Crippen LogP contribution in [0.5, 0.6) is 0 Å². The number of rotatable bonds is 5. The molecule has 2 rings (SSSR count). The fourth-order valence-corrected chi connectivity index (χ4v) is 2.34. The molecule has 2 unspecified atom stereocenters. The van der Waals surface area contributed by atoms with E-state index >= 15 is 0 Å². The van der Waals surface area contributed by atoms with E-state index in [1.807, 2.05) is 6.07 Å². The lowest BCUT2D eigenvalue weighted by atomic mass is 9.40. The van der Waals surface area contributed by atoms with Gasteiger partial charge in [-0.15, -0.1) is 5.11 Å². The standard InChI is InChI=1S/C16H15B3N4O2/c1-8(15(24)25)10-3-5-11(6-4-10)13-12(7-20)14(21)23(22-13)9(2)16(17,18)19/h3-6,8-9H,21H2,1-2H3,(H,24,25). The number of carboxylic acids is 1. The van der Waals surface area contributed by atoms with Crippen molar-refractivity contribution in [1.29, 1.82) is 5.26 Å². The molecule has 2 atom stereocenters. The zero-order valence-corrected chi connectivity index (χ0v) is 14.0. The van der Waals surface area contributed by atoms with Crippen molar-refractivity contribution < 1.29 is 9.90 Å². The van der Waals surface area contributed by atoms with Gasteiger partial charge in [0.05, 0.1) is 29.5 Å². The van der Waals surface area contributed by atoms with Crippen LogP contribution in [0.4, 0.5) is 5.82 Å². The van der Waals surface area contributed by atoms with Crippen molar-refractivity contribution in [3.63, 3.8) is 0 Å². The molecule has 9 heteroatoms. The summed E-state index contributed by atoms with van der Waals surface area (Å²) in [6.45, 7) is 3.24. The van der Waals surface area contributed by atoms with Gasteiger partial charge >= 0.3 is 5.97 Å².